The van der Waals surface area contributed by atoms with Gasteiger partial charge in [-0.25, -0.2) is 4.98 Å². The van der Waals surface area contributed by atoms with E-state index in [2.05, 4.69) is 26.2 Å². The van der Waals surface area contributed by atoms with E-state index in [0.29, 0.717) is 4.67 Å². The number of thiazole rings is 1. The van der Waals surface area contributed by atoms with E-state index in [1.807, 2.05) is 19.2 Å². The van der Waals surface area contributed by atoms with Gasteiger partial charge in [0.2, 0.25) is 0 Å². The molecule has 96 valence electrons. The maximum atomic E-state index is 12.1. The molecule has 0 saturated carbocycles. The van der Waals surface area contributed by atoms with Gasteiger partial charge in [0.25, 0.3) is 5.91 Å². The minimum atomic E-state index is -0.468. The van der Waals surface area contributed by atoms with E-state index >= 15 is 0 Å². The van der Waals surface area contributed by atoms with Crippen molar-refractivity contribution in [1.82, 2.24) is 10.3 Å². The molecule has 0 saturated heterocycles. The maximum Gasteiger partial charge on any atom is 0.287 e. The number of carbonyl (C=O) groups is 1. The third-order valence-electron chi connectivity index (χ3n) is 2.80. The first-order valence-electron chi connectivity index (χ1n) is 5.53. The largest absolute Gasteiger partial charge is 0.444 e. The van der Waals surface area contributed by atoms with Crippen LogP contribution in [-0.4, -0.2) is 10.9 Å². The van der Waals surface area contributed by atoms with Crippen LogP contribution in [0.5, 0.6) is 0 Å². The standard InChI is InChI=1S/C12H13BrN2O2S/c1-3-12(2,11-14-6-7-18-11)15-10(16)8-4-5-9(13)17-8/h4-7H,3H2,1-2H3,(H,15,16)/t12-/m1/s1. The van der Waals surface area contributed by atoms with Crippen LogP contribution in [0.15, 0.2) is 32.8 Å². The van der Waals surface area contributed by atoms with E-state index in [4.69, 9.17) is 4.42 Å². The summed E-state index contributed by atoms with van der Waals surface area (Å²) < 4.78 is 5.78. The third-order valence-corrected chi connectivity index (χ3v) is 4.26. The lowest BCUT2D eigenvalue weighted by Crippen LogP contribution is -2.42. The molecule has 1 N–H and O–H groups in total. The predicted molar refractivity (Wildman–Crippen MR) is 73.6 cm³/mol. The van der Waals surface area contributed by atoms with Gasteiger partial charge in [-0.15, -0.1) is 11.3 Å². The Labute approximate surface area is 118 Å². The Kier molecular flexibility index (Phi) is 3.87. The summed E-state index contributed by atoms with van der Waals surface area (Å²) in [6.07, 6.45) is 2.50. The predicted octanol–water partition coefficient (Wildman–Crippen LogP) is 3.55. The molecule has 2 aromatic heterocycles. The number of nitrogens with zero attached hydrogens (tertiary/aromatic N) is 1. The van der Waals surface area contributed by atoms with Crippen molar-refractivity contribution in [2.24, 2.45) is 0 Å². The number of aromatic nitrogens is 1. The molecule has 4 nitrogen and oxygen atoms in total. The highest BCUT2D eigenvalue weighted by molar-refractivity contribution is 9.10. The summed E-state index contributed by atoms with van der Waals surface area (Å²) in [5.41, 5.74) is -0.468. The van der Waals surface area contributed by atoms with Gasteiger partial charge in [0.05, 0.1) is 5.54 Å². The fourth-order valence-electron chi connectivity index (χ4n) is 1.54. The number of hydrogen-bond acceptors (Lipinski definition) is 4. The zero-order valence-electron chi connectivity index (χ0n) is 10.1. The van der Waals surface area contributed by atoms with E-state index < -0.39 is 5.54 Å². The number of furan rings is 1. The summed E-state index contributed by atoms with van der Waals surface area (Å²) in [6.45, 7) is 3.97. The summed E-state index contributed by atoms with van der Waals surface area (Å²) in [4.78, 5) is 16.4. The summed E-state index contributed by atoms with van der Waals surface area (Å²) >= 11 is 4.71. The summed E-state index contributed by atoms with van der Waals surface area (Å²) in [6, 6.07) is 3.33. The van der Waals surface area contributed by atoms with Crippen molar-refractivity contribution in [2.45, 2.75) is 25.8 Å². The van der Waals surface area contributed by atoms with Gasteiger partial charge in [-0.05, 0) is 41.4 Å². The molecule has 0 spiro atoms. The molecule has 0 unspecified atom stereocenters. The second-order valence-corrected chi connectivity index (χ2v) is 5.76. The molecule has 0 radical (unpaired) electrons. The van der Waals surface area contributed by atoms with Crippen molar-refractivity contribution >= 4 is 33.2 Å². The molecule has 0 aliphatic rings. The van der Waals surface area contributed by atoms with Crippen molar-refractivity contribution < 1.29 is 9.21 Å². The Balaban J connectivity index is 2.19. The van der Waals surface area contributed by atoms with Gasteiger partial charge >= 0.3 is 0 Å². The Hall–Kier alpha value is -1.14. The molecule has 0 aromatic carbocycles. The van der Waals surface area contributed by atoms with Crippen molar-refractivity contribution in [2.75, 3.05) is 0 Å². The molecule has 2 rings (SSSR count). The molecule has 0 aliphatic heterocycles. The van der Waals surface area contributed by atoms with Crippen molar-refractivity contribution in [3.63, 3.8) is 0 Å². The molecular formula is C12H13BrN2O2S. The fraction of sp³-hybridized carbons (Fsp3) is 0.333. The lowest BCUT2D eigenvalue weighted by Gasteiger charge is -2.26. The first-order valence-corrected chi connectivity index (χ1v) is 7.20. The monoisotopic (exact) mass is 328 g/mol. The number of halogens is 1. The van der Waals surface area contributed by atoms with Crippen LogP contribution in [-0.2, 0) is 5.54 Å². The van der Waals surface area contributed by atoms with E-state index in [9.17, 15) is 4.79 Å². The van der Waals surface area contributed by atoms with Crippen molar-refractivity contribution in [3.05, 3.63) is 39.1 Å². The molecule has 0 fully saturated rings. The second kappa shape index (κ2) is 5.24. The van der Waals surface area contributed by atoms with E-state index in [1.165, 1.54) is 11.3 Å². The minimum Gasteiger partial charge on any atom is -0.444 e. The van der Waals surface area contributed by atoms with Crippen LogP contribution in [0, 0.1) is 0 Å². The van der Waals surface area contributed by atoms with E-state index in [1.54, 1.807) is 18.3 Å². The first kappa shape index (κ1) is 13.3. The maximum absolute atomic E-state index is 12.1. The summed E-state index contributed by atoms with van der Waals surface area (Å²) in [7, 11) is 0. The SMILES string of the molecule is CC[C@@](C)(NC(=O)c1ccc(Br)o1)c1nccs1. The molecule has 2 heterocycles. The number of nitrogens with one attached hydrogen (secondary N) is 1. The Morgan fingerprint density at radius 1 is 1.61 bits per heavy atom. The Morgan fingerprint density at radius 2 is 2.39 bits per heavy atom. The second-order valence-electron chi connectivity index (χ2n) is 4.08. The number of carbonyl (C=O) groups excluding carboxylic acids is 1. The lowest BCUT2D eigenvalue weighted by molar-refractivity contribution is 0.0872. The zero-order valence-corrected chi connectivity index (χ0v) is 12.5. The van der Waals surface area contributed by atoms with Gasteiger partial charge < -0.3 is 9.73 Å². The molecule has 1 amide bonds. The smallest absolute Gasteiger partial charge is 0.287 e. The fourth-order valence-corrected chi connectivity index (χ4v) is 2.67. The molecule has 0 aliphatic carbocycles. The van der Waals surface area contributed by atoms with Gasteiger partial charge in [0, 0.05) is 11.6 Å². The quantitative estimate of drug-likeness (QED) is 0.933. The van der Waals surface area contributed by atoms with Gasteiger partial charge in [0.1, 0.15) is 5.01 Å². The van der Waals surface area contributed by atoms with E-state index in [0.717, 1.165) is 11.4 Å². The normalized spacial score (nSPS) is 14.2. The van der Waals surface area contributed by atoms with Crippen LogP contribution < -0.4 is 5.32 Å². The molecule has 6 heteroatoms. The zero-order chi connectivity index (χ0) is 13.2. The van der Waals surface area contributed by atoms with Crippen LogP contribution in [0.2, 0.25) is 0 Å². The highest BCUT2D eigenvalue weighted by atomic mass is 79.9. The summed E-state index contributed by atoms with van der Waals surface area (Å²) in [5.74, 6) is 0.0540. The van der Waals surface area contributed by atoms with Gasteiger partial charge in [-0.1, -0.05) is 6.92 Å². The topological polar surface area (TPSA) is 55.1 Å². The van der Waals surface area contributed by atoms with Crippen LogP contribution >= 0.6 is 27.3 Å². The number of hydrogen-bond donors (Lipinski definition) is 1. The number of amides is 1. The lowest BCUT2D eigenvalue weighted by atomic mass is 10.00. The Morgan fingerprint density at radius 3 is 2.89 bits per heavy atom. The van der Waals surface area contributed by atoms with Crippen LogP contribution in [0.3, 0.4) is 0 Å². The average molecular weight is 329 g/mol. The highest BCUT2D eigenvalue weighted by Gasteiger charge is 2.30. The molecule has 18 heavy (non-hydrogen) atoms. The first-order chi connectivity index (χ1) is 8.55. The summed E-state index contributed by atoms with van der Waals surface area (Å²) in [5, 5.41) is 5.76. The van der Waals surface area contributed by atoms with Gasteiger partial charge in [0.15, 0.2) is 10.4 Å². The third kappa shape index (κ3) is 2.64. The Bertz CT molecular complexity index is 538. The van der Waals surface area contributed by atoms with Crippen LogP contribution in [0.1, 0.15) is 35.8 Å². The van der Waals surface area contributed by atoms with Crippen LogP contribution in [0.4, 0.5) is 0 Å². The molecular weight excluding hydrogens is 316 g/mol. The van der Waals surface area contributed by atoms with Gasteiger partial charge in [-0.2, -0.15) is 0 Å². The van der Waals surface area contributed by atoms with Crippen molar-refractivity contribution in [1.29, 1.82) is 0 Å². The number of rotatable bonds is 4. The average Bonchev–Trinajstić information content (AvgIpc) is 2.99. The van der Waals surface area contributed by atoms with E-state index in [-0.39, 0.29) is 11.7 Å². The molecule has 1 atom stereocenters. The molecule has 2 aromatic rings. The molecule has 0 bridgehead atoms. The highest BCUT2D eigenvalue weighted by Crippen LogP contribution is 2.27. The van der Waals surface area contributed by atoms with Crippen molar-refractivity contribution in [3.8, 4) is 0 Å². The van der Waals surface area contributed by atoms with Gasteiger partial charge in [-0.3, -0.25) is 4.79 Å². The minimum absolute atomic E-state index is 0.236. The van der Waals surface area contributed by atoms with Crippen LogP contribution in [0.25, 0.3) is 0 Å².